The van der Waals surface area contributed by atoms with Crippen molar-refractivity contribution >= 4 is 56.0 Å². The predicted molar refractivity (Wildman–Crippen MR) is 139 cm³/mol. The van der Waals surface area contributed by atoms with E-state index < -0.39 is 9.84 Å². The Morgan fingerprint density at radius 1 is 1.14 bits per heavy atom. The Morgan fingerprint density at radius 3 is 2.40 bits per heavy atom. The van der Waals surface area contributed by atoms with E-state index in [1.165, 1.54) is 28.0 Å². The van der Waals surface area contributed by atoms with Crippen molar-refractivity contribution in [2.45, 2.75) is 23.4 Å². The van der Waals surface area contributed by atoms with Crippen molar-refractivity contribution < 1.29 is 22.4 Å². The quantitative estimate of drug-likeness (QED) is 0.328. The highest BCUT2D eigenvalue weighted by molar-refractivity contribution is 8.26. The van der Waals surface area contributed by atoms with Crippen molar-refractivity contribution in [2.24, 2.45) is 0 Å². The van der Waals surface area contributed by atoms with E-state index in [0.29, 0.717) is 15.8 Å². The molecular formula is C24H23N3O5S3. The third-order valence-electron chi connectivity index (χ3n) is 5.22. The summed E-state index contributed by atoms with van der Waals surface area (Å²) in [5.74, 6) is 0.495. The van der Waals surface area contributed by atoms with Crippen LogP contribution in [-0.2, 0) is 21.2 Å². The molecule has 1 aromatic heterocycles. The van der Waals surface area contributed by atoms with Crippen LogP contribution in [0.5, 0.6) is 5.75 Å². The van der Waals surface area contributed by atoms with Gasteiger partial charge in [-0.15, -0.1) is 0 Å². The zero-order chi connectivity index (χ0) is 25.3. The molecule has 0 atom stereocenters. The zero-order valence-electron chi connectivity index (χ0n) is 19.5. The molecule has 4 rings (SSSR count). The first-order chi connectivity index (χ1) is 16.6. The number of aromatic nitrogens is 1. The van der Waals surface area contributed by atoms with E-state index in [9.17, 15) is 13.2 Å². The van der Waals surface area contributed by atoms with Crippen LogP contribution < -0.4 is 9.64 Å². The molecule has 0 saturated carbocycles. The van der Waals surface area contributed by atoms with E-state index in [0.717, 1.165) is 28.6 Å². The molecule has 1 aliphatic rings. The topological polar surface area (TPSA) is 92.9 Å². The summed E-state index contributed by atoms with van der Waals surface area (Å²) in [6, 6.07) is 13.9. The lowest BCUT2D eigenvalue weighted by molar-refractivity contribution is -0.122. The van der Waals surface area contributed by atoms with Gasteiger partial charge in [-0.2, -0.15) is 4.98 Å². The monoisotopic (exact) mass is 529 g/mol. The number of carbonyl (C=O) groups excluding carboxylic acids is 1. The average Bonchev–Trinajstić information content (AvgIpc) is 3.37. The summed E-state index contributed by atoms with van der Waals surface area (Å²) in [5.41, 5.74) is 1.83. The van der Waals surface area contributed by atoms with E-state index in [2.05, 4.69) is 4.98 Å². The van der Waals surface area contributed by atoms with Crippen molar-refractivity contribution in [3.8, 4) is 5.75 Å². The maximum absolute atomic E-state index is 13.3. The molecule has 0 radical (unpaired) electrons. The summed E-state index contributed by atoms with van der Waals surface area (Å²) in [6.45, 7) is 2.17. The number of aryl methyl sites for hydroxylation is 1. The van der Waals surface area contributed by atoms with Crippen LogP contribution in [0.15, 0.2) is 67.8 Å². The Kier molecular flexibility index (Phi) is 7.02. The van der Waals surface area contributed by atoms with Gasteiger partial charge < -0.3 is 14.1 Å². The molecule has 1 saturated heterocycles. The van der Waals surface area contributed by atoms with E-state index in [1.807, 2.05) is 31.2 Å². The number of hydrogen-bond acceptors (Lipinski definition) is 9. The number of rotatable bonds is 7. The number of thiocarbonyl (C=S) groups is 1. The number of carbonyl (C=O) groups is 1. The van der Waals surface area contributed by atoms with Gasteiger partial charge in [-0.25, -0.2) is 8.42 Å². The molecule has 2 heterocycles. The van der Waals surface area contributed by atoms with Gasteiger partial charge in [0.1, 0.15) is 10.1 Å². The number of anilines is 1. The summed E-state index contributed by atoms with van der Waals surface area (Å²) in [7, 11) is 0.966. The first kappa shape index (κ1) is 25.0. The van der Waals surface area contributed by atoms with Crippen molar-refractivity contribution in [1.29, 1.82) is 0 Å². The Hall–Kier alpha value is -3.15. The highest BCUT2D eigenvalue weighted by Crippen LogP contribution is 2.36. The van der Waals surface area contributed by atoms with Crippen LogP contribution in [0.2, 0.25) is 0 Å². The van der Waals surface area contributed by atoms with Gasteiger partial charge in [0.05, 0.1) is 23.5 Å². The molecule has 0 bridgehead atoms. The molecule has 0 unspecified atom stereocenters. The first-order valence-electron chi connectivity index (χ1n) is 10.5. The molecule has 1 amide bonds. The summed E-state index contributed by atoms with van der Waals surface area (Å²) >= 11 is 6.53. The second kappa shape index (κ2) is 9.84. The highest BCUT2D eigenvalue weighted by atomic mass is 32.2. The molecule has 0 aliphatic carbocycles. The fraction of sp³-hybridized carbons (Fsp3) is 0.208. The number of oxazole rings is 1. The Labute approximate surface area is 213 Å². The number of thioether (sulfide) groups is 1. The van der Waals surface area contributed by atoms with Crippen molar-refractivity contribution in [1.82, 2.24) is 9.88 Å². The maximum atomic E-state index is 13.3. The van der Waals surface area contributed by atoms with Gasteiger partial charge in [0.15, 0.2) is 0 Å². The highest BCUT2D eigenvalue weighted by Gasteiger charge is 2.34. The molecule has 0 spiro atoms. The number of benzene rings is 2. The van der Waals surface area contributed by atoms with Crippen molar-refractivity contribution in [3.63, 3.8) is 0 Å². The lowest BCUT2D eigenvalue weighted by Gasteiger charge is -2.14. The molecule has 8 nitrogen and oxygen atoms in total. The number of methoxy groups -OCH3 is 1. The third-order valence-corrected chi connectivity index (χ3v) is 8.26. The lowest BCUT2D eigenvalue weighted by Crippen LogP contribution is -2.27. The third kappa shape index (κ3) is 5.12. The average molecular weight is 530 g/mol. The number of hydrogen-bond donors (Lipinski definition) is 0. The van der Waals surface area contributed by atoms with E-state index >= 15 is 0 Å². The van der Waals surface area contributed by atoms with Gasteiger partial charge in [0, 0.05) is 20.2 Å². The molecule has 182 valence electrons. The molecule has 0 N–H and O–H groups in total. The Morgan fingerprint density at radius 2 is 1.80 bits per heavy atom. The lowest BCUT2D eigenvalue weighted by atomic mass is 10.2. The predicted octanol–water partition coefficient (Wildman–Crippen LogP) is 4.29. The standard InChI is InChI=1S/C24H23N3O5S3/c1-15-5-11-18(12-6-15)35(29,30)21-23(26(2)3)32-20(25-21)13-19-22(28)27(24(33)34-19)14-16-7-9-17(31-4)10-8-16/h5-13H,14H2,1-4H3. The molecular weight excluding hydrogens is 506 g/mol. The number of ether oxygens (including phenoxy) is 1. The van der Waals surface area contributed by atoms with Crippen LogP contribution >= 0.6 is 24.0 Å². The SMILES string of the molecule is COc1ccc(CN2C(=O)C(=Cc3nc(S(=O)(=O)c4ccc(C)cc4)c(N(C)C)o3)SC2=S)cc1. The molecule has 3 aromatic rings. The van der Waals surface area contributed by atoms with Gasteiger partial charge >= 0.3 is 0 Å². The molecule has 1 fully saturated rings. The minimum absolute atomic E-state index is 0.00401. The van der Waals surface area contributed by atoms with Crippen LogP contribution in [0.25, 0.3) is 6.08 Å². The summed E-state index contributed by atoms with van der Waals surface area (Å²) < 4.78 is 37.8. The summed E-state index contributed by atoms with van der Waals surface area (Å²) in [5, 5.41) is -0.216. The second-order valence-corrected chi connectivity index (χ2v) is 11.5. The van der Waals surface area contributed by atoms with E-state index in [4.69, 9.17) is 21.4 Å². The fourth-order valence-electron chi connectivity index (χ4n) is 3.32. The Bertz CT molecular complexity index is 1410. The molecule has 35 heavy (non-hydrogen) atoms. The maximum Gasteiger partial charge on any atom is 0.266 e. The van der Waals surface area contributed by atoms with Crippen LogP contribution in [-0.4, -0.2) is 49.7 Å². The largest absolute Gasteiger partial charge is 0.497 e. The number of amides is 1. The van der Waals surface area contributed by atoms with Crippen molar-refractivity contribution in [3.05, 3.63) is 70.5 Å². The first-order valence-corrected chi connectivity index (χ1v) is 13.2. The summed E-state index contributed by atoms with van der Waals surface area (Å²) in [6.07, 6.45) is 1.43. The van der Waals surface area contributed by atoms with Gasteiger partial charge in [0.2, 0.25) is 26.6 Å². The second-order valence-electron chi connectivity index (χ2n) is 7.99. The van der Waals surface area contributed by atoms with E-state index in [1.54, 1.807) is 33.3 Å². The van der Waals surface area contributed by atoms with Crippen LogP contribution in [0.1, 0.15) is 17.0 Å². The number of nitrogens with zero attached hydrogens (tertiary/aromatic N) is 3. The number of sulfone groups is 1. The van der Waals surface area contributed by atoms with E-state index in [-0.39, 0.29) is 27.6 Å². The Balaban J connectivity index is 1.63. The van der Waals surface area contributed by atoms with Crippen molar-refractivity contribution in [2.75, 3.05) is 26.1 Å². The smallest absolute Gasteiger partial charge is 0.266 e. The van der Waals surface area contributed by atoms with Crippen LogP contribution in [0, 0.1) is 6.92 Å². The summed E-state index contributed by atoms with van der Waals surface area (Å²) in [4.78, 5) is 20.7. The van der Waals surface area contributed by atoms with Gasteiger partial charge in [-0.1, -0.05) is 53.8 Å². The minimum atomic E-state index is -3.94. The van der Waals surface area contributed by atoms with Crippen LogP contribution in [0.4, 0.5) is 5.88 Å². The normalized spacial score (nSPS) is 15.2. The minimum Gasteiger partial charge on any atom is -0.497 e. The zero-order valence-corrected chi connectivity index (χ0v) is 22.0. The van der Waals surface area contributed by atoms with Gasteiger partial charge in [-0.05, 0) is 36.8 Å². The molecule has 1 aliphatic heterocycles. The van der Waals surface area contributed by atoms with Crippen LogP contribution in [0.3, 0.4) is 0 Å². The fourth-order valence-corrected chi connectivity index (χ4v) is 5.93. The molecule has 2 aromatic carbocycles. The van der Waals surface area contributed by atoms with Gasteiger partial charge in [-0.3, -0.25) is 9.69 Å². The van der Waals surface area contributed by atoms with Gasteiger partial charge in [0.25, 0.3) is 5.91 Å². The molecule has 11 heteroatoms.